The maximum Gasteiger partial charge on any atom is 0.289 e. The molecule has 3 heterocycles. The molecule has 0 unspecified atom stereocenters. The first-order valence-electron chi connectivity index (χ1n) is 10.8. The van der Waals surface area contributed by atoms with Crippen molar-refractivity contribution in [1.82, 2.24) is 15.6 Å². The van der Waals surface area contributed by atoms with Gasteiger partial charge in [0, 0.05) is 31.6 Å². The first-order valence-corrected chi connectivity index (χ1v) is 10.8. The highest BCUT2D eigenvalue weighted by Gasteiger charge is 2.27. The van der Waals surface area contributed by atoms with Crippen LogP contribution in [0.2, 0.25) is 0 Å². The Balaban J connectivity index is 0.00000274. The van der Waals surface area contributed by atoms with Gasteiger partial charge in [0.15, 0.2) is 5.76 Å². The topological polar surface area (TPSA) is 117 Å². The second kappa shape index (κ2) is 9.65. The Labute approximate surface area is 196 Å². The predicted molar refractivity (Wildman–Crippen MR) is 130 cm³/mol. The number of carbonyl (C=O) groups is 1. The van der Waals surface area contributed by atoms with Crippen LogP contribution in [0.1, 0.15) is 21.7 Å². The Morgan fingerprint density at radius 2 is 1.65 bits per heavy atom. The molecule has 1 aliphatic heterocycles. The van der Waals surface area contributed by atoms with Gasteiger partial charge in [-0.3, -0.25) is 9.59 Å². The average Bonchev–Trinajstić information content (AvgIpc) is 3.41. The van der Waals surface area contributed by atoms with Gasteiger partial charge in [-0.1, -0.05) is 48.5 Å². The number of hydrogen-bond acceptors (Lipinski definition) is 6. The molecule has 4 aromatic rings. The second-order valence-corrected chi connectivity index (χ2v) is 7.99. The molecular weight excluding hydrogens is 430 g/mol. The van der Waals surface area contributed by atoms with Crippen molar-refractivity contribution >= 4 is 22.5 Å². The lowest BCUT2D eigenvalue weighted by Gasteiger charge is -2.36. The molecule has 0 saturated carbocycles. The van der Waals surface area contributed by atoms with Crippen molar-refractivity contribution < 1.29 is 9.21 Å². The fourth-order valence-corrected chi connectivity index (χ4v) is 4.43. The molecule has 1 aliphatic rings. The molecule has 0 spiro atoms. The van der Waals surface area contributed by atoms with Crippen LogP contribution in [0.5, 0.6) is 0 Å². The third kappa shape index (κ3) is 4.05. The standard InChI is InChI=1S/C26H22N4O3.H3N/c27-17-21-24(28-12-14-29(15-13-28)26(32)23-11-6-16-33-23)20-9-4-5-10-22(20)30(25(21)31)18-19-7-2-1-3-8-19;/h1-11,16H,12-15,18H2;1H3. The summed E-state index contributed by atoms with van der Waals surface area (Å²) in [4.78, 5) is 29.8. The average molecular weight is 456 g/mol. The lowest BCUT2D eigenvalue weighted by Crippen LogP contribution is -2.49. The van der Waals surface area contributed by atoms with Gasteiger partial charge in [-0.15, -0.1) is 0 Å². The van der Waals surface area contributed by atoms with Gasteiger partial charge in [0.1, 0.15) is 11.6 Å². The number of carbonyl (C=O) groups excluding carboxylic acids is 1. The van der Waals surface area contributed by atoms with Crippen LogP contribution in [-0.2, 0) is 6.54 Å². The zero-order valence-corrected chi connectivity index (χ0v) is 18.7. The fraction of sp³-hybridized carbons (Fsp3) is 0.192. The molecule has 0 atom stereocenters. The number of anilines is 1. The summed E-state index contributed by atoms with van der Waals surface area (Å²) in [6.07, 6.45) is 1.49. The van der Waals surface area contributed by atoms with E-state index in [9.17, 15) is 14.9 Å². The number of para-hydroxylation sites is 1. The largest absolute Gasteiger partial charge is 0.459 e. The van der Waals surface area contributed by atoms with Crippen molar-refractivity contribution in [3.63, 3.8) is 0 Å². The molecule has 8 nitrogen and oxygen atoms in total. The summed E-state index contributed by atoms with van der Waals surface area (Å²) in [6.45, 7) is 2.39. The summed E-state index contributed by atoms with van der Waals surface area (Å²) < 4.78 is 6.91. The fourth-order valence-electron chi connectivity index (χ4n) is 4.43. The maximum absolute atomic E-state index is 13.4. The number of furan rings is 1. The van der Waals surface area contributed by atoms with Crippen LogP contribution in [0.3, 0.4) is 0 Å². The highest BCUT2D eigenvalue weighted by Crippen LogP contribution is 2.30. The van der Waals surface area contributed by atoms with E-state index in [0.717, 1.165) is 16.5 Å². The van der Waals surface area contributed by atoms with E-state index < -0.39 is 0 Å². The van der Waals surface area contributed by atoms with Gasteiger partial charge < -0.3 is 24.9 Å². The normalized spacial score (nSPS) is 13.4. The summed E-state index contributed by atoms with van der Waals surface area (Å²) in [5.41, 5.74) is 2.26. The van der Waals surface area contributed by atoms with Crippen LogP contribution in [0, 0.1) is 11.3 Å². The Morgan fingerprint density at radius 3 is 2.32 bits per heavy atom. The number of benzene rings is 2. The Bertz CT molecular complexity index is 1400. The minimum Gasteiger partial charge on any atom is -0.459 e. The van der Waals surface area contributed by atoms with Crippen LogP contribution < -0.4 is 16.6 Å². The molecule has 172 valence electrons. The second-order valence-electron chi connectivity index (χ2n) is 7.99. The summed E-state index contributed by atoms with van der Waals surface area (Å²) in [5, 5.41) is 10.8. The highest BCUT2D eigenvalue weighted by molar-refractivity contribution is 5.95. The van der Waals surface area contributed by atoms with Crippen LogP contribution in [0.4, 0.5) is 5.69 Å². The monoisotopic (exact) mass is 455 g/mol. The number of piperazine rings is 1. The van der Waals surface area contributed by atoms with E-state index in [-0.39, 0.29) is 23.2 Å². The molecule has 2 aromatic heterocycles. The zero-order chi connectivity index (χ0) is 22.8. The Kier molecular flexibility index (Phi) is 6.48. The quantitative estimate of drug-likeness (QED) is 0.502. The minimum absolute atomic E-state index is 0. The van der Waals surface area contributed by atoms with Crippen LogP contribution >= 0.6 is 0 Å². The molecule has 34 heavy (non-hydrogen) atoms. The molecular formula is C26H25N5O3. The molecule has 1 amide bonds. The Hall–Kier alpha value is -4.35. The van der Waals surface area contributed by atoms with Crippen molar-refractivity contribution in [3.05, 3.63) is 100 Å². The van der Waals surface area contributed by atoms with Gasteiger partial charge >= 0.3 is 0 Å². The van der Waals surface area contributed by atoms with Gasteiger partial charge in [0.25, 0.3) is 11.5 Å². The van der Waals surface area contributed by atoms with Gasteiger partial charge in [-0.2, -0.15) is 5.26 Å². The molecule has 2 aromatic carbocycles. The first-order chi connectivity index (χ1) is 16.2. The van der Waals surface area contributed by atoms with Gasteiger partial charge in [0.05, 0.1) is 24.0 Å². The van der Waals surface area contributed by atoms with E-state index in [0.29, 0.717) is 44.2 Å². The lowest BCUT2D eigenvalue weighted by molar-refractivity contribution is 0.0715. The predicted octanol–water partition coefficient (Wildman–Crippen LogP) is 3.64. The molecule has 5 rings (SSSR count). The third-order valence-corrected chi connectivity index (χ3v) is 6.06. The van der Waals surface area contributed by atoms with E-state index in [1.54, 1.807) is 21.6 Å². The number of fused-ring (bicyclic) bond motifs is 1. The Morgan fingerprint density at radius 1 is 0.941 bits per heavy atom. The number of aromatic nitrogens is 1. The molecule has 1 saturated heterocycles. The molecule has 3 N–H and O–H groups in total. The van der Waals surface area contributed by atoms with E-state index in [2.05, 4.69) is 6.07 Å². The number of hydrogen-bond donors (Lipinski definition) is 1. The van der Waals surface area contributed by atoms with Crippen molar-refractivity contribution in [2.24, 2.45) is 0 Å². The lowest BCUT2D eigenvalue weighted by atomic mass is 10.1. The summed E-state index contributed by atoms with van der Waals surface area (Å²) in [6, 6.07) is 22.9. The van der Waals surface area contributed by atoms with Gasteiger partial charge in [0.2, 0.25) is 0 Å². The van der Waals surface area contributed by atoms with Crippen LogP contribution in [0.15, 0.2) is 82.2 Å². The zero-order valence-electron chi connectivity index (χ0n) is 18.7. The van der Waals surface area contributed by atoms with Gasteiger partial charge in [-0.05, 0) is 23.8 Å². The SMILES string of the molecule is N.N#Cc1c(N2CCN(C(=O)c3ccco3)CC2)c2ccccc2n(Cc2ccccc2)c1=O. The maximum atomic E-state index is 13.4. The van der Waals surface area contributed by atoms with E-state index in [1.807, 2.05) is 59.5 Å². The molecule has 1 fully saturated rings. The van der Waals surface area contributed by atoms with Crippen LogP contribution in [0.25, 0.3) is 10.9 Å². The van der Waals surface area contributed by atoms with E-state index in [1.165, 1.54) is 6.26 Å². The number of nitrogens with zero attached hydrogens (tertiary/aromatic N) is 4. The number of nitriles is 1. The van der Waals surface area contributed by atoms with Crippen molar-refractivity contribution in [2.45, 2.75) is 6.54 Å². The summed E-state index contributed by atoms with van der Waals surface area (Å²) >= 11 is 0. The molecule has 0 aliphatic carbocycles. The van der Waals surface area contributed by atoms with E-state index in [4.69, 9.17) is 4.42 Å². The number of amides is 1. The first kappa shape index (κ1) is 22.8. The molecule has 0 radical (unpaired) electrons. The summed E-state index contributed by atoms with van der Waals surface area (Å²) in [7, 11) is 0. The molecule has 0 bridgehead atoms. The number of rotatable bonds is 4. The minimum atomic E-state index is -0.302. The van der Waals surface area contributed by atoms with Gasteiger partial charge in [-0.25, -0.2) is 0 Å². The highest BCUT2D eigenvalue weighted by atomic mass is 16.3. The smallest absolute Gasteiger partial charge is 0.289 e. The van der Waals surface area contributed by atoms with Crippen molar-refractivity contribution in [1.29, 1.82) is 5.26 Å². The number of pyridine rings is 1. The third-order valence-electron chi connectivity index (χ3n) is 6.06. The summed E-state index contributed by atoms with van der Waals surface area (Å²) in [5.74, 6) is 0.165. The van der Waals surface area contributed by atoms with Crippen molar-refractivity contribution in [3.8, 4) is 6.07 Å². The van der Waals surface area contributed by atoms with Crippen LogP contribution in [-0.4, -0.2) is 41.6 Å². The van der Waals surface area contributed by atoms with E-state index >= 15 is 0 Å². The van der Waals surface area contributed by atoms with Crippen molar-refractivity contribution in [2.75, 3.05) is 31.1 Å². The molecule has 8 heteroatoms.